The molecule has 0 aliphatic heterocycles. The zero-order valence-corrected chi connectivity index (χ0v) is 3.14. The molecule has 1 nitrogen and oxygen atoms in total. The summed E-state index contributed by atoms with van der Waals surface area (Å²) in [5, 5.41) is 0. The van der Waals surface area contributed by atoms with Gasteiger partial charge >= 0.3 is 0 Å². The van der Waals surface area contributed by atoms with Crippen molar-refractivity contribution in [2.75, 3.05) is 0 Å². The predicted molar refractivity (Wildman–Crippen MR) is 25.0 cm³/mol. The fourth-order valence-electron chi connectivity index (χ4n) is 0. The molecule has 0 aliphatic rings. The van der Waals surface area contributed by atoms with Crippen LogP contribution in [-0.2, 0) is 4.46 Å². The predicted octanol–water partition coefficient (Wildman–Crippen LogP) is -1.64. The summed E-state index contributed by atoms with van der Waals surface area (Å²) in [6, 6.07) is 0. The van der Waals surface area contributed by atoms with Crippen molar-refractivity contribution in [3.8, 4) is 0 Å². The Morgan fingerprint density at radius 1 is 1.75 bits per heavy atom. The Morgan fingerprint density at radius 2 is 1.75 bits per heavy atom. The quantitative estimate of drug-likeness (QED) is 0.328. The molecular weight excluding hydrogens is 84.2 g/mol. The summed E-state index contributed by atoms with van der Waals surface area (Å²) in [5.41, 5.74) is 0. The van der Waals surface area contributed by atoms with Gasteiger partial charge in [0.05, 0.1) is 0 Å². The molecule has 0 spiro atoms. The van der Waals surface area contributed by atoms with Crippen LogP contribution in [0.3, 0.4) is 0 Å². The summed E-state index contributed by atoms with van der Waals surface area (Å²) in [6.45, 7) is 1.65. The highest BCUT2D eigenvalue weighted by atomic mass is 28.2. The highest BCUT2D eigenvalue weighted by Crippen LogP contribution is 1.12. The second-order valence-corrected chi connectivity index (χ2v) is 0.707. The van der Waals surface area contributed by atoms with E-state index in [4.69, 9.17) is 4.46 Å². The van der Waals surface area contributed by atoms with Gasteiger partial charge in [0, 0.05) is 0 Å². The molecule has 0 heterocycles. The van der Waals surface area contributed by atoms with Crippen molar-refractivity contribution < 1.29 is 4.46 Å². The summed E-state index contributed by atoms with van der Waals surface area (Å²) in [7, 11) is -0.500. The third-order valence-corrected chi connectivity index (χ3v) is 0. The normalized spacial score (nSPS) is 3.25. The first-order chi connectivity index (χ1) is 1.41. The monoisotopic (exact) mass is 92.0 g/mol. The smallest absolute Gasteiger partial charge is 0.257 e. The molecule has 3 heteroatoms. The average molecular weight is 92.2 g/mol. The molecule has 0 saturated carbocycles. The van der Waals surface area contributed by atoms with Crippen LogP contribution in [0.4, 0.5) is 0 Å². The highest BCUT2D eigenvalue weighted by Gasteiger charge is 1.31. The second-order valence-electron chi connectivity index (χ2n) is 0.236. The van der Waals surface area contributed by atoms with Crippen LogP contribution in [0, 0.1) is 0 Å². The van der Waals surface area contributed by atoms with Crippen molar-refractivity contribution in [2.24, 2.45) is 0 Å². The largest absolute Gasteiger partial charge is 0.392 e. The third kappa shape index (κ3) is 62.2. The van der Waals surface area contributed by atoms with Gasteiger partial charge in [0.2, 0.25) is 0 Å². The molecule has 0 aliphatic carbocycles. The molecule has 4 heavy (non-hydrogen) atoms. The maximum absolute atomic E-state index is 9.01. The van der Waals surface area contributed by atoms with E-state index in [0.717, 1.165) is 0 Å². The summed E-state index contributed by atoms with van der Waals surface area (Å²) in [5.74, 6) is 0. The zero-order valence-electron chi connectivity index (χ0n) is 1.99. The minimum Gasteiger partial charge on any atom is -0.392 e. The van der Waals surface area contributed by atoms with Crippen molar-refractivity contribution in [2.45, 2.75) is 6.55 Å². The SMILES string of the molecule is C[SiH]=O.[SiH4]. The van der Waals surface area contributed by atoms with Crippen molar-refractivity contribution in [1.29, 1.82) is 0 Å². The topological polar surface area (TPSA) is 17.1 Å². The average Bonchev–Trinajstić information content (AvgIpc) is 0.918. The molecule has 0 bridgehead atoms. The van der Waals surface area contributed by atoms with Crippen LogP contribution in [0.1, 0.15) is 0 Å². The van der Waals surface area contributed by atoms with E-state index in [1.807, 2.05) is 0 Å². The molecule has 0 radical (unpaired) electrons. The third-order valence-electron chi connectivity index (χ3n) is 0. The van der Waals surface area contributed by atoms with Crippen molar-refractivity contribution in [3.63, 3.8) is 0 Å². The molecule has 0 saturated heterocycles. The van der Waals surface area contributed by atoms with Crippen LogP contribution in [-0.4, -0.2) is 20.4 Å². The van der Waals surface area contributed by atoms with Gasteiger partial charge in [-0.3, -0.25) is 0 Å². The van der Waals surface area contributed by atoms with E-state index in [0.29, 0.717) is 0 Å². The standard InChI is InChI=1S/CH4OSi.H4Si/c1-3-2;/h3H,1H3;1H4. The maximum Gasteiger partial charge on any atom is 0.257 e. The van der Waals surface area contributed by atoms with Crippen LogP contribution in [0.2, 0.25) is 6.55 Å². The first-order valence-electron chi connectivity index (χ1n) is 0.813. The number of hydrogen-bond donors (Lipinski definition) is 0. The van der Waals surface area contributed by atoms with Gasteiger partial charge in [0.25, 0.3) is 9.41 Å². The lowest BCUT2D eigenvalue weighted by molar-refractivity contribution is 0.580. The van der Waals surface area contributed by atoms with Gasteiger partial charge in [0.15, 0.2) is 0 Å². The van der Waals surface area contributed by atoms with Crippen LogP contribution >= 0.6 is 0 Å². The van der Waals surface area contributed by atoms with Crippen molar-refractivity contribution in [3.05, 3.63) is 0 Å². The summed E-state index contributed by atoms with van der Waals surface area (Å²) in [6.07, 6.45) is 0. The van der Waals surface area contributed by atoms with Crippen LogP contribution in [0.5, 0.6) is 0 Å². The molecular formula is CH8OSi2. The molecule has 0 rings (SSSR count). The Morgan fingerprint density at radius 3 is 1.75 bits per heavy atom. The molecule has 0 fully saturated rings. The minimum atomic E-state index is -0.500. The highest BCUT2D eigenvalue weighted by molar-refractivity contribution is 6.14. The second kappa shape index (κ2) is 10.6. The number of rotatable bonds is 0. The fraction of sp³-hybridized carbons (Fsp3) is 1.00. The summed E-state index contributed by atoms with van der Waals surface area (Å²) < 4.78 is 9.01. The van der Waals surface area contributed by atoms with E-state index >= 15 is 0 Å². The van der Waals surface area contributed by atoms with E-state index in [-0.39, 0.29) is 11.0 Å². The molecule has 0 unspecified atom stereocenters. The molecule has 0 amide bonds. The summed E-state index contributed by atoms with van der Waals surface area (Å²) >= 11 is 0. The van der Waals surface area contributed by atoms with Crippen LogP contribution in [0.25, 0.3) is 0 Å². The fourth-order valence-corrected chi connectivity index (χ4v) is 0. The van der Waals surface area contributed by atoms with Gasteiger partial charge < -0.3 is 4.46 Å². The first kappa shape index (κ1) is 8.87. The van der Waals surface area contributed by atoms with E-state index in [1.165, 1.54) is 0 Å². The minimum absolute atomic E-state index is 0. The lowest BCUT2D eigenvalue weighted by Crippen LogP contribution is -1.39. The zero-order chi connectivity index (χ0) is 2.71. The van der Waals surface area contributed by atoms with Gasteiger partial charge in [0.1, 0.15) is 0 Å². The molecule has 0 N–H and O–H groups in total. The lowest BCUT2D eigenvalue weighted by atomic mass is 11.9. The Hall–Kier alpha value is 0.234. The van der Waals surface area contributed by atoms with Gasteiger partial charge in [-0.1, -0.05) is 0 Å². The van der Waals surface area contributed by atoms with Crippen molar-refractivity contribution in [1.82, 2.24) is 0 Å². The van der Waals surface area contributed by atoms with Crippen molar-refractivity contribution >= 4 is 20.4 Å². The van der Waals surface area contributed by atoms with E-state index in [2.05, 4.69) is 0 Å². The van der Waals surface area contributed by atoms with E-state index in [9.17, 15) is 0 Å². The van der Waals surface area contributed by atoms with Gasteiger partial charge in [-0.2, -0.15) is 0 Å². The van der Waals surface area contributed by atoms with Crippen LogP contribution in [0.15, 0.2) is 0 Å². The molecule has 26 valence electrons. The molecule has 0 aromatic carbocycles. The molecule has 0 atom stereocenters. The van der Waals surface area contributed by atoms with Gasteiger partial charge in [-0.15, -0.1) is 0 Å². The Balaban J connectivity index is 0. The van der Waals surface area contributed by atoms with Gasteiger partial charge in [-0.25, -0.2) is 0 Å². The summed E-state index contributed by atoms with van der Waals surface area (Å²) in [4.78, 5) is 0. The van der Waals surface area contributed by atoms with E-state index in [1.54, 1.807) is 6.55 Å². The maximum atomic E-state index is 9.01. The Labute approximate surface area is 32.3 Å². The molecule has 0 aromatic rings. The Kier molecular flexibility index (Phi) is 23.5. The first-order valence-corrected chi connectivity index (χ1v) is 2.44. The Bertz CT molecular complexity index is 13.5. The van der Waals surface area contributed by atoms with Gasteiger partial charge in [-0.05, 0) is 17.5 Å². The lowest BCUT2D eigenvalue weighted by Gasteiger charge is -1.20. The van der Waals surface area contributed by atoms with Crippen LogP contribution < -0.4 is 0 Å². The molecule has 0 aromatic heterocycles. The van der Waals surface area contributed by atoms with E-state index < -0.39 is 9.41 Å². The number of hydrogen-bond acceptors (Lipinski definition) is 1.